The van der Waals surface area contributed by atoms with Crippen LogP contribution in [0.4, 0.5) is 16.3 Å². The first kappa shape index (κ1) is 23.5. The van der Waals surface area contributed by atoms with Crippen LogP contribution >= 0.6 is 0 Å². The maximum atomic E-state index is 12.8. The lowest BCUT2D eigenvalue weighted by molar-refractivity contribution is 0.208. The van der Waals surface area contributed by atoms with Gasteiger partial charge in [-0.2, -0.15) is 0 Å². The van der Waals surface area contributed by atoms with Gasteiger partial charge in [-0.25, -0.2) is 14.8 Å². The Kier molecular flexibility index (Phi) is 7.30. The predicted octanol–water partition coefficient (Wildman–Crippen LogP) is 4.61. The molecule has 7 nitrogen and oxygen atoms in total. The molecule has 7 heteroatoms. The van der Waals surface area contributed by atoms with Crippen LogP contribution in [0.2, 0.25) is 0 Å². The SMILES string of the molecule is CCc1nc(C)nc(N2CCN(C(=O)Nc3ccc(OC)cc3)CC2)c1Cc1ccc(C)cc1. The molecule has 0 saturated carbocycles. The van der Waals surface area contributed by atoms with Gasteiger partial charge < -0.3 is 19.9 Å². The van der Waals surface area contributed by atoms with E-state index in [1.807, 2.05) is 36.1 Å². The quantitative estimate of drug-likeness (QED) is 0.583. The van der Waals surface area contributed by atoms with E-state index in [0.717, 1.165) is 54.7 Å². The third-order valence-corrected chi connectivity index (χ3v) is 6.23. The zero-order chi connectivity index (χ0) is 24.1. The maximum Gasteiger partial charge on any atom is 0.321 e. The van der Waals surface area contributed by atoms with Crippen molar-refractivity contribution < 1.29 is 9.53 Å². The van der Waals surface area contributed by atoms with E-state index in [2.05, 4.69) is 48.3 Å². The van der Waals surface area contributed by atoms with Gasteiger partial charge in [-0.05, 0) is 50.1 Å². The Bertz CT molecular complexity index is 1120. The van der Waals surface area contributed by atoms with Gasteiger partial charge in [0.05, 0.1) is 7.11 Å². The summed E-state index contributed by atoms with van der Waals surface area (Å²) in [6.45, 7) is 8.94. The van der Waals surface area contributed by atoms with E-state index in [-0.39, 0.29) is 6.03 Å². The smallest absolute Gasteiger partial charge is 0.321 e. The highest BCUT2D eigenvalue weighted by Crippen LogP contribution is 2.26. The molecule has 1 saturated heterocycles. The van der Waals surface area contributed by atoms with Crippen LogP contribution in [0.1, 0.15) is 35.1 Å². The Morgan fingerprint density at radius 3 is 2.26 bits per heavy atom. The third kappa shape index (κ3) is 5.47. The topological polar surface area (TPSA) is 70.6 Å². The van der Waals surface area contributed by atoms with Gasteiger partial charge in [0.15, 0.2) is 0 Å². The minimum absolute atomic E-state index is 0.0854. The Balaban J connectivity index is 1.47. The first-order chi connectivity index (χ1) is 16.5. The molecule has 2 aromatic carbocycles. The minimum Gasteiger partial charge on any atom is -0.497 e. The van der Waals surface area contributed by atoms with Crippen LogP contribution in [0.5, 0.6) is 5.75 Å². The van der Waals surface area contributed by atoms with Crippen molar-refractivity contribution in [1.82, 2.24) is 14.9 Å². The number of aromatic nitrogens is 2. The van der Waals surface area contributed by atoms with Crippen LogP contribution in [-0.4, -0.2) is 54.2 Å². The van der Waals surface area contributed by atoms with Gasteiger partial charge in [0, 0.05) is 49.5 Å². The molecular formula is C27H33N5O2. The second-order valence-electron chi connectivity index (χ2n) is 8.67. The zero-order valence-corrected chi connectivity index (χ0v) is 20.5. The molecule has 2 amide bonds. The summed E-state index contributed by atoms with van der Waals surface area (Å²) in [4.78, 5) is 26.6. The van der Waals surface area contributed by atoms with Crippen LogP contribution in [0, 0.1) is 13.8 Å². The number of benzene rings is 2. The number of carbonyl (C=O) groups is 1. The Morgan fingerprint density at radius 1 is 0.971 bits per heavy atom. The van der Waals surface area contributed by atoms with Crippen molar-refractivity contribution in [3.63, 3.8) is 0 Å². The Labute approximate surface area is 201 Å². The molecular weight excluding hydrogens is 426 g/mol. The molecule has 0 aliphatic carbocycles. The average molecular weight is 460 g/mol. The van der Waals surface area contributed by atoms with Crippen LogP contribution in [0.15, 0.2) is 48.5 Å². The molecule has 0 bridgehead atoms. The highest BCUT2D eigenvalue weighted by atomic mass is 16.5. The Hall–Kier alpha value is -3.61. The van der Waals surface area contributed by atoms with Crippen molar-refractivity contribution in [2.24, 2.45) is 0 Å². The van der Waals surface area contributed by atoms with Crippen LogP contribution in [0.25, 0.3) is 0 Å². The van der Waals surface area contributed by atoms with E-state index in [9.17, 15) is 4.79 Å². The van der Waals surface area contributed by atoms with E-state index >= 15 is 0 Å². The van der Waals surface area contributed by atoms with E-state index in [0.29, 0.717) is 13.1 Å². The normalized spacial score (nSPS) is 13.6. The fraction of sp³-hybridized carbons (Fsp3) is 0.370. The Morgan fingerprint density at radius 2 is 1.65 bits per heavy atom. The lowest BCUT2D eigenvalue weighted by atomic mass is 10.0. The van der Waals surface area contributed by atoms with Crippen molar-refractivity contribution in [2.45, 2.75) is 33.6 Å². The van der Waals surface area contributed by atoms with Crippen LogP contribution < -0.4 is 15.0 Å². The largest absolute Gasteiger partial charge is 0.497 e. The molecule has 1 aliphatic heterocycles. The zero-order valence-electron chi connectivity index (χ0n) is 20.5. The fourth-order valence-electron chi connectivity index (χ4n) is 4.28. The molecule has 1 N–H and O–H groups in total. The number of urea groups is 1. The summed E-state index contributed by atoms with van der Waals surface area (Å²) >= 11 is 0. The number of ether oxygens (including phenoxy) is 1. The number of carbonyl (C=O) groups excluding carboxylic acids is 1. The summed E-state index contributed by atoms with van der Waals surface area (Å²) in [5, 5.41) is 2.98. The standard InChI is InChI=1S/C27H33N5O2/c1-5-25-24(18-21-8-6-19(2)7-9-21)26(29-20(3)28-25)31-14-16-32(17-15-31)27(33)30-22-10-12-23(34-4)13-11-22/h6-13H,5,14-18H2,1-4H3,(H,30,33). The molecule has 1 aliphatic rings. The van der Waals surface area contributed by atoms with Crippen LogP contribution in [0.3, 0.4) is 0 Å². The number of nitrogens with zero attached hydrogens (tertiary/aromatic N) is 4. The molecule has 178 valence electrons. The number of hydrogen-bond acceptors (Lipinski definition) is 5. The van der Waals surface area contributed by atoms with Gasteiger partial charge in [-0.15, -0.1) is 0 Å². The number of hydrogen-bond donors (Lipinski definition) is 1. The number of aryl methyl sites for hydroxylation is 3. The van der Waals surface area contributed by atoms with Crippen molar-refractivity contribution >= 4 is 17.5 Å². The van der Waals surface area contributed by atoms with E-state index in [1.54, 1.807) is 7.11 Å². The van der Waals surface area contributed by atoms with Gasteiger partial charge in [0.25, 0.3) is 0 Å². The van der Waals surface area contributed by atoms with Crippen molar-refractivity contribution in [2.75, 3.05) is 43.5 Å². The molecule has 0 spiro atoms. The number of anilines is 2. The number of amides is 2. The summed E-state index contributed by atoms with van der Waals surface area (Å²) in [6, 6.07) is 15.9. The number of piperazine rings is 1. The molecule has 34 heavy (non-hydrogen) atoms. The van der Waals surface area contributed by atoms with Gasteiger partial charge in [0.2, 0.25) is 0 Å². The molecule has 1 aromatic heterocycles. The van der Waals surface area contributed by atoms with Gasteiger partial charge in [0.1, 0.15) is 17.4 Å². The lowest BCUT2D eigenvalue weighted by Gasteiger charge is -2.36. The van der Waals surface area contributed by atoms with E-state index in [1.165, 1.54) is 16.7 Å². The monoisotopic (exact) mass is 459 g/mol. The lowest BCUT2D eigenvalue weighted by Crippen LogP contribution is -2.50. The van der Waals surface area contributed by atoms with Crippen LogP contribution in [-0.2, 0) is 12.8 Å². The first-order valence-electron chi connectivity index (χ1n) is 11.8. The predicted molar refractivity (Wildman–Crippen MR) is 136 cm³/mol. The van der Waals surface area contributed by atoms with Gasteiger partial charge in [-0.3, -0.25) is 0 Å². The molecule has 0 atom stereocenters. The molecule has 0 radical (unpaired) electrons. The van der Waals surface area contributed by atoms with Gasteiger partial charge in [-0.1, -0.05) is 36.8 Å². The second-order valence-corrected chi connectivity index (χ2v) is 8.67. The number of nitrogens with one attached hydrogen (secondary N) is 1. The maximum absolute atomic E-state index is 12.8. The van der Waals surface area contributed by atoms with Crippen molar-refractivity contribution in [3.8, 4) is 5.75 Å². The summed E-state index contributed by atoms with van der Waals surface area (Å²) < 4.78 is 5.18. The molecule has 3 aromatic rings. The summed E-state index contributed by atoms with van der Waals surface area (Å²) in [5.41, 5.74) is 5.55. The van der Waals surface area contributed by atoms with Crippen molar-refractivity contribution in [1.29, 1.82) is 0 Å². The summed E-state index contributed by atoms with van der Waals surface area (Å²) in [7, 11) is 1.63. The molecule has 2 heterocycles. The number of methoxy groups -OCH3 is 1. The molecule has 4 rings (SSSR count). The third-order valence-electron chi connectivity index (χ3n) is 6.23. The van der Waals surface area contributed by atoms with E-state index in [4.69, 9.17) is 14.7 Å². The molecule has 1 fully saturated rings. The average Bonchev–Trinajstić information content (AvgIpc) is 2.86. The van der Waals surface area contributed by atoms with E-state index < -0.39 is 0 Å². The second kappa shape index (κ2) is 10.5. The number of rotatable bonds is 6. The molecule has 0 unspecified atom stereocenters. The highest BCUT2D eigenvalue weighted by molar-refractivity contribution is 5.89. The minimum atomic E-state index is -0.0854. The summed E-state index contributed by atoms with van der Waals surface area (Å²) in [5.74, 6) is 2.55. The fourth-order valence-corrected chi connectivity index (χ4v) is 4.28. The first-order valence-corrected chi connectivity index (χ1v) is 11.8. The summed E-state index contributed by atoms with van der Waals surface area (Å²) in [6.07, 6.45) is 1.67. The highest BCUT2D eigenvalue weighted by Gasteiger charge is 2.25. The van der Waals surface area contributed by atoms with Crippen molar-refractivity contribution in [3.05, 3.63) is 76.7 Å². The van der Waals surface area contributed by atoms with Gasteiger partial charge >= 0.3 is 6.03 Å².